The van der Waals surface area contributed by atoms with Crippen LogP contribution in [0.5, 0.6) is 0 Å². The van der Waals surface area contributed by atoms with Crippen LogP contribution in [0, 0.1) is 12.8 Å². The van der Waals surface area contributed by atoms with Crippen molar-refractivity contribution >= 4 is 15.9 Å². The zero-order chi connectivity index (χ0) is 16.8. The lowest BCUT2D eigenvalue weighted by molar-refractivity contribution is -0.121. The molecule has 0 aliphatic carbocycles. The van der Waals surface area contributed by atoms with Crippen LogP contribution >= 0.6 is 0 Å². The topological polar surface area (TPSA) is 66.5 Å². The van der Waals surface area contributed by atoms with E-state index < -0.39 is 10.0 Å². The fraction of sp³-hybridized carbons (Fsp3) is 0.562. The first-order valence-electron chi connectivity index (χ1n) is 7.46. The van der Waals surface area contributed by atoms with Crippen molar-refractivity contribution in [1.29, 1.82) is 0 Å². The van der Waals surface area contributed by atoms with E-state index in [2.05, 4.69) is 5.32 Å². The third kappa shape index (κ3) is 6.58. The smallest absolute Gasteiger partial charge is 0.235 e. The van der Waals surface area contributed by atoms with Gasteiger partial charge >= 0.3 is 0 Å². The molecule has 5 nitrogen and oxygen atoms in total. The number of hydrogen-bond acceptors (Lipinski definition) is 3. The predicted octanol–water partition coefficient (Wildman–Crippen LogP) is 1.92. The van der Waals surface area contributed by atoms with Gasteiger partial charge in [-0.3, -0.25) is 4.79 Å². The number of amides is 1. The molecule has 1 rings (SSSR count). The second-order valence-corrected chi connectivity index (χ2v) is 7.96. The Kier molecular flexibility index (Phi) is 7.03. The Morgan fingerprint density at radius 3 is 2.45 bits per heavy atom. The summed E-state index contributed by atoms with van der Waals surface area (Å²) in [7, 11) is -3.37. The first kappa shape index (κ1) is 18.6. The summed E-state index contributed by atoms with van der Waals surface area (Å²) in [6, 6.07) is 7.79. The van der Waals surface area contributed by atoms with E-state index in [1.54, 1.807) is 0 Å². The van der Waals surface area contributed by atoms with Gasteiger partial charge in [-0.1, -0.05) is 38.1 Å². The zero-order valence-electron chi connectivity index (χ0n) is 13.8. The van der Waals surface area contributed by atoms with Crippen LogP contribution in [0.3, 0.4) is 0 Å². The molecule has 0 heterocycles. The lowest BCUT2D eigenvalue weighted by Crippen LogP contribution is -2.40. The number of aryl methyl sites for hydroxylation is 1. The van der Waals surface area contributed by atoms with E-state index in [-0.39, 0.29) is 12.5 Å². The minimum Gasteiger partial charge on any atom is -0.351 e. The van der Waals surface area contributed by atoms with Crippen LogP contribution < -0.4 is 5.32 Å². The number of nitrogens with zero attached hydrogens (tertiary/aromatic N) is 1. The molecule has 0 aliphatic heterocycles. The molecule has 1 N–H and O–H groups in total. The summed E-state index contributed by atoms with van der Waals surface area (Å²) >= 11 is 0. The summed E-state index contributed by atoms with van der Waals surface area (Å²) < 4.78 is 24.7. The predicted molar refractivity (Wildman–Crippen MR) is 88.9 cm³/mol. The fourth-order valence-corrected chi connectivity index (χ4v) is 2.77. The van der Waals surface area contributed by atoms with Crippen LogP contribution in [0.15, 0.2) is 24.3 Å². The van der Waals surface area contributed by atoms with Crippen LogP contribution in [0.1, 0.15) is 31.4 Å². The Morgan fingerprint density at radius 2 is 1.91 bits per heavy atom. The molecule has 1 aromatic rings. The molecular weight excluding hydrogens is 300 g/mol. The van der Waals surface area contributed by atoms with Gasteiger partial charge in [0.2, 0.25) is 15.9 Å². The quantitative estimate of drug-likeness (QED) is 0.793. The molecule has 0 aromatic heterocycles. The Balaban J connectivity index is 2.58. The number of rotatable bonds is 8. The summed E-state index contributed by atoms with van der Waals surface area (Å²) in [6.45, 7) is 6.68. The van der Waals surface area contributed by atoms with Gasteiger partial charge in [-0.05, 0) is 30.4 Å². The van der Waals surface area contributed by atoms with Gasteiger partial charge in [0.05, 0.1) is 12.8 Å². The highest BCUT2D eigenvalue weighted by atomic mass is 32.2. The van der Waals surface area contributed by atoms with Crippen molar-refractivity contribution < 1.29 is 13.2 Å². The van der Waals surface area contributed by atoms with Gasteiger partial charge in [0.1, 0.15) is 0 Å². The van der Waals surface area contributed by atoms with Gasteiger partial charge in [0.25, 0.3) is 0 Å². The van der Waals surface area contributed by atoms with Crippen molar-refractivity contribution in [3.63, 3.8) is 0 Å². The monoisotopic (exact) mass is 326 g/mol. The molecule has 1 aromatic carbocycles. The summed E-state index contributed by atoms with van der Waals surface area (Å²) in [5.41, 5.74) is 2.13. The maximum absolute atomic E-state index is 12.0. The number of nitrogens with one attached hydrogen (secondary N) is 1. The highest BCUT2D eigenvalue weighted by Gasteiger charge is 2.20. The first-order valence-corrected chi connectivity index (χ1v) is 9.31. The summed E-state index contributed by atoms with van der Waals surface area (Å²) in [5.74, 6) is 0.108. The molecule has 0 aliphatic rings. The molecule has 0 radical (unpaired) electrons. The number of carbonyl (C=O) groups excluding carboxylic acids is 1. The summed E-state index contributed by atoms with van der Waals surface area (Å²) in [6.07, 6.45) is 1.88. The minimum atomic E-state index is -3.37. The van der Waals surface area contributed by atoms with Crippen LogP contribution in [-0.4, -0.2) is 38.0 Å². The molecule has 1 amide bonds. The van der Waals surface area contributed by atoms with E-state index in [1.807, 2.05) is 45.0 Å². The number of sulfonamides is 1. The fourth-order valence-electron chi connectivity index (χ4n) is 1.98. The van der Waals surface area contributed by atoms with Crippen LogP contribution in [0.4, 0.5) is 0 Å². The Hall–Kier alpha value is -1.40. The van der Waals surface area contributed by atoms with Crippen molar-refractivity contribution in [3.8, 4) is 0 Å². The van der Waals surface area contributed by atoms with Gasteiger partial charge in [-0.25, -0.2) is 8.42 Å². The average molecular weight is 326 g/mol. The molecular formula is C16H26N2O3S. The van der Waals surface area contributed by atoms with Crippen molar-refractivity contribution in [2.75, 3.05) is 19.3 Å². The van der Waals surface area contributed by atoms with Gasteiger partial charge < -0.3 is 5.32 Å². The molecule has 0 unspecified atom stereocenters. The number of benzene rings is 1. The molecule has 0 fully saturated rings. The molecule has 22 heavy (non-hydrogen) atoms. The second-order valence-electron chi connectivity index (χ2n) is 5.98. The molecule has 6 heteroatoms. The van der Waals surface area contributed by atoms with E-state index in [0.717, 1.165) is 23.8 Å². The van der Waals surface area contributed by atoms with Crippen LogP contribution in [0.2, 0.25) is 0 Å². The van der Waals surface area contributed by atoms with Gasteiger partial charge in [0.15, 0.2) is 0 Å². The minimum absolute atomic E-state index is 0.128. The van der Waals surface area contributed by atoms with Crippen molar-refractivity contribution in [2.24, 2.45) is 5.92 Å². The molecule has 0 spiro atoms. The first-order chi connectivity index (χ1) is 10.2. The third-order valence-corrected chi connectivity index (χ3v) is 4.73. The molecule has 0 atom stereocenters. The van der Waals surface area contributed by atoms with Gasteiger partial charge in [0, 0.05) is 13.1 Å². The van der Waals surface area contributed by atoms with Crippen molar-refractivity contribution in [1.82, 2.24) is 9.62 Å². The lowest BCUT2D eigenvalue weighted by atomic mass is 10.1. The van der Waals surface area contributed by atoms with E-state index >= 15 is 0 Å². The van der Waals surface area contributed by atoms with E-state index in [9.17, 15) is 13.2 Å². The molecule has 0 saturated heterocycles. The SMILES string of the molecule is Cc1ccccc1CNC(=O)CN(CCC(C)C)S(C)(=O)=O. The molecule has 124 valence electrons. The molecule has 0 bridgehead atoms. The molecule has 0 saturated carbocycles. The maximum atomic E-state index is 12.0. The van der Waals surface area contributed by atoms with Crippen LogP contribution in [-0.2, 0) is 21.4 Å². The average Bonchev–Trinajstić information content (AvgIpc) is 2.41. The zero-order valence-corrected chi connectivity index (χ0v) is 14.6. The van der Waals surface area contributed by atoms with E-state index in [4.69, 9.17) is 0 Å². The third-order valence-electron chi connectivity index (χ3n) is 3.48. The van der Waals surface area contributed by atoms with Crippen molar-refractivity contribution in [3.05, 3.63) is 35.4 Å². The van der Waals surface area contributed by atoms with E-state index in [0.29, 0.717) is 19.0 Å². The Labute approximate surface area is 133 Å². The Morgan fingerprint density at radius 1 is 1.27 bits per heavy atom. The number of hydrogen-bond donors (Lipinski definition) is 1. The largest absolute Gasteiger partial charge is 0.351 e. The summed E-state index contributed by atoms with van der Waals surface area (Å²) in [4.78, 5) is 12.0. The maximum Gasteiger partial charge on any atom is 0.235 e. The Bertz CT molecular complexity index is 597. The van der Waals surface area contributed by atoms with Gasteiger partial charge in [-0.15, -0.1) is 0 Å². The summed E-state index contributed by atoms with van der Waals surface area (Å²) in [5, 5.41) is 2.78. The standard InChI is InChI=1S/C16H26N2O3S/c1-13(2)9-10-18(22(4,20)21)12-16(19)17-11-15-8-6-5-7-14(15)3/h5-8,13H,9-12H2,1-4H3,(H,17,19). The number of carbonyl (C=O) groups is 1. The highest BCUT2D eigenvalue weighted by molar-refractivity contribution is 7.88. The van der Waals surface area contributed by atoms with Gasteiger partial charge in [-0.2, -0.15) is 4.31 Å². The highest BCUT2D eigenvalue weighted by Crippen LogP contribution is 2.07. The second kappa shape index (κ2) is 8.29. The van der Waals surface area contributed by atoms with Crippen LogP contribution in [0.25, 0.3) is 0 Å². The van der Waals surface area contributed by atoms with E-state index in [1.165, 1.54) is 4.31 Å². The normalized spacial score (nSPS) is 11.9. The lowest BCUT2D eigenvalue weighted by Gasteiger charge is -2.20. The van der Waals surface area contributed by atoms with Crippen molar-refractivity contribution in [2.45, 2.75) is 33.7 Å².